The van der Waals surface area contributed by atoms with Gasteiger partial charge in [-0.1, -0.05) is 0 Å². The number of amides is 1. The molecule has 6 heteroatoms. The van der Waals surface area contributed by atoms with Gasteiger partial charge in [0.25, 0.3) is 0 Å². The Bertz CT molecular complexity index is 428. The summed E-state index contributed by atoms with van der Waals surface area (Å²) in [6.45, 7) is 11.1. The first-order chi connectivity index (χ1) is 10.3. The average Bonchev–Trinajstić information content (AvgIpc) is 2.90. The van der Waals surface area contributed by atoms with Gasteiger partial charge < -0.3 is 19.9 Å². The van der Waals surface area contributed by atoms with Gasteiger partial charge in [-0.05, 0) is 40.5 Å². The topological polar surface area (TPSA) is 57.2 Å². The van der Waals surface area contributed by atoms with Crippen LogP contribution in [0.3, 0.4) is 0 Å². The molecule has 1 N–H and O–H groups in total. The third-order valence-corrected chi connectivity index (χ3v) is 4.36. The van der Waals surface area contributed by atoms with Gasteiger partial charge >= 0.3 is 0 Å². The van der Waals surface area contributed by atoms with Crippen LogP contribution in [0.5, 0.6) is 0 Å². The minimum absolute atomic E-state index is 0.159. The van der Waals surface area contributed by atoms with E-state index in [4.69, 9.17) is 4.74 Å². The van der Waals surface area contributed by atoms with E-state index in [1.54, 1.807) is 7.05 Å². The first-order valence-corrected chi connectivity index (χ1v) is 8.24. The molecule has 1 atom stereocenters. The molecule has 2 saturated heterocycles. The van der Waals surface area contributed by atoms with Gasteiger partial charge in [0, 0.05) is 32.8 Å². The number of hydrogen-bond donors (Lipinski definition) is 1. The van der Waals surface area contributed by atoms with Gasteiger partial charge in [-0.3, -0.25) is 9.79 Å². The van der Waals surface area contributed by atoms with Crippen molar-refractivity contribution in [1.29, 1.82) is 0 Å². The van der Waals surface area contributed by atoms with Crippen LogP contribution in [-0.2, 0) is 9.53 Å². The molecule has 0 aromatic heterocycles. The Morgan fingerprint density at radius 1 is 1.50 bits per heavy atom. The lowest BCUT2D eigenvalue weighted by Gasteiger charge is -2.49. The third kappa shape index (κ3) is 3.72. The Morgan fingerprint density at radius 3 is 2.73 bits per heavy atom. The van der Waals surface area contributed by atoms with E-state index in [2.05, 4.69) is 42.9 Å². The highest BCUT2D eigenvalue weighted by molar-refractivity contribution is 5.88. The van der Waals surface area contributed by atoms with Crippen LogP contribution >= 0.6 is 0 Å². The fourth-order valence-corrected chi connectivity index (χ4v) is 3.66. The second-order valence-electron chi connectivity index (χ2n) is 7.09. The number of rotatable bonds is 3. The first kappa shape index (κ1) is 17.1. The number of carbonyl (C=O) groups is 1. The molecule has 1 unspecified atom stereocenters. The van der Waals surface area contributed by atoms with Crippen molar-refractivity contribution in [3.63, 3.8) is 0 Å². The smallest absolute Gasteiger partial charge is 0.242 e. The van der Waals surface area contributed by atoms with E-state index in [1.807, 2.05) is 4.90 Å². The number of hydrogen-bond acceptors (Lipinski definition) is 3. The predicted molar refractivity (Wildman–Crippen MR) is 88.0 cm³/mol. The quantitative estimate of drug-likeness (QED) is 0.626. The maximum absolute atomic E-state index is 12.5. The summed E-state index contributed by atoms with van der Waals surface area (Å²) < 4.78 is 5.63. The number of carbonyl (C=O) groups excluding carboxylic acids is 1. The number of guanidine groups is 1. The summed E-state index contributed by atoms with van der Waals surface area (Å²) >= 11 is 0. The molecule has 1 amide bonds. The van der Waals surface area contributed by atoms with Crippen molar-refractivity contribution in [3.8, 4) is 0 Å². The standard InChI is InChI=1S/C16H30N4O2/c1-12(2)20-14(21)10-19(11-16(20,3)4)15(17-5)18-9-13-7-6-8-22-13/h12-13H,6-11H2,1-5H3,(H,17,18). The number of nitrogens with zero attached hydrogens (tertiary/aromatic N) is 3. The van der Waals surface area contributed by atoms with Gasteiger partial charge in [-0.2, -0.15) is 0 Å². The Balaban J connectivity index is 2.00. The maximum atomic E-state index is 12.5. The van der Waals surface area contributed by atoms with Crippen LogP contribution in [0.15, 0.2) is 4.99 Å². The highest BCUT2D eigenvalue weighted by Crippen LogP contribution is 2.24. The zero-order valence-corrected chi connectivity index (χ0v) is 14.6. The summed E-state index contributed by atoms with van der Waals surface area (Å²) in [6, 6.07) is 0.214. The van der Waals surface area contributed by atoms with Crippen molar-refractivity contribution in [2.45, 2.75) is 58.2 Å². The van der Waals surface area contributed by atoms with Gasteiger partial charge in [-0.15, -0.1) is 0 Å². The van der Waals surface area contributed by atoms with E-state index >= 15 is 0 Å². The first-order valence-electron chi connectivity index (χ1n) is 8.24. The summed E-state index contributed by atoms with van der Waals surface area (Å²) in [6.07, 6.45) is 2.48. The molecule has 6 nitrogen and oxygen atoms in total. The lowest BCUT2D eigenvalue weighted by molar-refractivity contribution is -0.145. The van der Waals surface area contributed by atoms with E-state index < -0.39 is 0 Å². The van der Waals surface area contributed by atoms with Crippen molar-refractivity contribution in [2.75, 3.05) is 33.3 Å². The molecule has 0 spiro atoms. The number of ether oxygens (including phenoxy) is 1. The van der Waals surface area contributed by atoms with Crippen molar-refractivity contribution in [3.05, 3.63) is 0 Å². The predicted octanol–water partition coefficient (Wildman–Crippen LogP) is 1.07. The fraction of sp³-hybridized carbons (Fsp3) is 0.875. The largest absolute Gasteiger partial charge is 0.376 e. The third-order valence-electron chi connectivity index (χ3n) is 4.36. The van der Waals surface area contributed by atoms with Crippen molar-refractivity contribution in [2.24, 2.45) is 4.99 Å². The normalized spacial score (nSPS) is 26.0. The van der Waals surface area contributed by atoms with E-state index in [-0.39, 0.29) is 23.6 Å². The fourth-order valence-electron chi connectivity index (χ4n) is 3.66. The molecule has 0 aliphatic carbocycles. The van der Waals surface area contributed by atoms with Gasteiger partial charge in [0.05, 0.1) is 18.2 Å². The molecular formula is C16H30N4O2. The van der Waals surface area contributed by atoms with E-state index in [0.717, 1.165) is 38.5 Å². The van der Waals surface area contributed by atoms with Crippen LogP contribution < -0.4 is 5.32 Å². The molecule has 0 bridgehead atoms. The van der Waals surface area contributed by atoms with Gasteiger partial charge in [-0.25, -0.2) is 0 Å². The summed E-state index contributed by atoms with van der Waals surface area (Å²) in [5.41, 5.74) is -0.203. The van der Waals surface area contributed by atoms with Crippen LogP contribution in [0.4, 0.5) is 0 Å². The second-order valence-corrected chi connectivity index (χ2v) is 7.09. The molecule has 0 saturated carbocycles. The molecule has 2 rings (SSSR count). The molecule has 0 aromatic carbocycles. The maximum Gasteiger partial charge on any atom is 0.242 e. The van der Waals surface area contributed by atoms with Crippen molar-refractivity contribution < 1.29 is 9.53 Å². The van der Waals surface area contributed by atoms with Gasteiger partial charge in [0.1, 0.15) is 0 Å². The van der Waals surface area contributed by atoms with Gasteiger partial charge in [0.15, 0.2) is 5.96 Å². The Labute approximate surface area is 133 Å². The highest BCUT2D eigenvalue weighted by Gasteiger charge is 2.40. The van der Waals surface area contributed by atoms with Crippen LogP contribution in [0, 0.1) is 0 Å². The van der Waals surface area contributed by atoms with E-state index in [0.29, 0.717) is 6.54 Å². The monoisotopic (exact) mass is 310 g/mol. The number of piperazine rings is 1. The van der Waals surface area contributed by atoms with Crippen LogP contribution in [0.1, 0.15) is 40.5 Å². The minimum Gasteiger partial charge on any atom is -0.376 e. The molecular weight excluding hydrogens is 280 g/mol. The Morgan fingerprint density at radius 2 is 2.23 bits per heavy atom. The summed E-state index contributed by atoms with van der Waals surface area (Å²) in [4.78, 5) is 20.9. The lowest BCUT2D eigenvalue weighted by atomic mass is 9.96. The van der Waals surface area contributed by atoms with E-state index in [9.17, 15) is 4.79 Å². The molecule has 2 heterocycles. The van der Waals surface area contributed by atoms with Crippen LogP contribution in [0.25, 0.3) is 0 Å². The lowest BCUT2D eigenvalue weighted by Crippen LogP contribution is -2.66. The molecule has 126 valence electrons. The van der Waals surface area contributed by atoms with Crippen LogP contribution in [-0.4, -0.2) is 72.6 Å². The molecule has 0 radical (unpaired) electrons. The zero-order chi connectivity index (χ0) is 16.3. The van der Waals surface area contributed by atoms with Crippen molar-refractivity contribution in [1.82, 2.24) is 15.1 Å². The molecule has 2 aliphatic rings. The minimum atomic E-state index is -0.203. The Hall–Kier alpha value is -1.30. The Kier molecular flexibility index (Phi) is 5.32. The van der Waals surface area contributed by atoms with E-state index in [1.165, 1.54) is 0 Å². The number of nitrogens with one attached hydrogen (secondary N) is 1. The molecule has 2 fully saturated rings. The summed E-state index contributed by atoms with van der Waals surface area (Å²) in [5, 5.41) is 3.36. The molecule has 0 aromatic rings. The zero-order valence-electron chi connectivity index (χ0n) is 14.6. The molecule has 2 aliphatic heterocycles. The number of aliphatic imine (C=N–C) groups is 1. The summed E-state index contributed by atoms with van der Waals surface area (Å²) in [5.74, 6) is 0.951. The second kappa shape index (κ2) is 6.86. The average molecular weight is 310 g/mol. The van der Waals surface area contributed by atoms with Crippen LogP contribution in [0.2, 0.25) is 0 Å². The molecule has 22 heavy (non-hydrogen) atoms. The van der Waals surface area contributed by atoms with Crippen molar-refractivity contribution >= 4 is 11.9 Å². The summed E-state index contributed by atoms with van der Waals surface area (Å²) in [7, 11) is 1.77. The SMILES string of the molecule is CN=C(NCC1CCCO1)N1CC(=O)N(C(C)C)C(C)(C)C1. The van der Waals surface area contributed by atoms with Gasteiger partial charge in [0.2, 0.25) is 5.91 Å². The highest BCUT2D eigenvalue weighted by atomic mass is 16.5.